The van der Waals surface area contributed by atoms with E-state index in [4.69, 9.17) is 9.72 Å². The third-order valence-corrected chi connectivity index (χ3v) is 4.97. The summed E-state index contributed by atoms with van der Waals surface area (Å²) < 4.78 is 5.31. The molecule has 148 valence electrons. The Hall–Kier alpha value is -3.61. The van der Waals surface area contributed by atoms with E-state index < -0.39 is 0 Å². The number of carbonyl (C=O) groups excluding carboxylic acids is 2. The maximum atomic E-state index is 12.9. The number of aromatic nitrogens is 1. The van der Waals surface area contributed by atoms with Crippen LogP contribution in [0, 0.1) is 0 Å². The molecule has 0 spiro atoms. The molecule has 1 fully saturated rings. The van der Waals surface area contributed by atoms with Crippen LogP contribution >= 0.6 is 0 Å². The van der Waals surface area contributed by atoms with Gasteiger partial charge in [-0.1, -0.05) is 0 Å². The molecule has 0 aliphatic heterocycles. The maximum Gasteiger partial charge on any atom is 0.270 e. The van der Waals surface area contributed by atoms with Crippen LogP contribution in [-0.2, 0) is 0 Å². The van der Waals surface area contributed by atoms with Gasteiger partial charge in [0.25, 0.3) is 11.8 Å². The summed E-state index contributed by atoms with van der Waals surface area (Å²) in [4.78, 5) is 29.3. The topological polar surface area (TPSA) is 92.4 Å². The molecule has 3 N–H and O–H groups in total. The molecular weight excluding hydrogens is 368 g/mol. The van der Waals surface area contributed by atoms with Gasteiger partial charge in [-0.15, -0.1) is 0 Å². The Balaban J connectivity index is 1.58. The van der Waals surface area contributed by atoms with E-state index >= 15 is 0 Å². The first-order valence-corrected chi connectivity index (χ1v) is 9.46. The maximum absolute atomic E-state index is 12.9. The number of rotatable bonds is 6. The van der Waals surface area contributed by atoms with Gasteiger partial charge < -0.3 is 10.1 Å². The molecule has 29 heavy (non-hydrogen) atoms. The van der Waals surface area contributed by atoms with Crippen molar-refractivity contribution in [1.82, 2.24) is 15.7 Å². The lowest BCUT2D eigenvalue weighted by molar-refractivity contribution is 0.0955. The number of benzene rings is 2. The smallest absolute Gasteiger partial charge is 0.270 e. The SMILES string of the molecule is CNC(=O)c1ccc(NNC(=O)c2cc(C3CC3)nc3ccc(OC)cc23)cc1. The Labute approximate surface area is 168 Å². The summed E-state index contributed by atoms with van der Waals surface area (Å²) in [5.74, 6) is 0.678. The standard InChI is InChI=1S/C22H22N4O3/c1-23-21(27)14-5-7-15(8-6-14)25-26-22(28)18-12-20(13-3-4-13)24-19-10-9-16(29-2)11-17(18)19/h5-13,25H,3-4H2,1-2H3,(H,23,27)(H,26,28). The molecule has 1 saturated carbocycles. The second-order valence-corrected chi connectivity index (χ2v) is 6.99. The van der Waals surface area contributed by atoms with E-state index in [1.54, 1.807) is 38.4 Å². The average molecular weight is 390 g/mol. The molecule has 0 saturated heterocycles. The highest BCUT2D eigenvalue weighted by molar-refractivity contribution is 6.07. The Bertz CT molecular complexity index is 1080. The van der Waals surface area contributed by atoms with Gasteiger partial charge in [-0.05, 0) is 61.4 Å². The molecule has 0 atom stereocenters. The van der Waals surface area contributed by atoms with Crippen molar-refractivity contribution in [2.45, 2.75) is 18.8 Å². The van der Waals surface area contributed by atoms with E-state index in [1.165, 1.54) is 0 Å². The van der Waals surface area contributed by atoms with Crippen LogP contribution in [0.1, 0.15) is 45.2 Å². The lowest BCUT2D eigenvalue weighted by Crippen LogP contribution is -2.29. The summed E-state index contributed by atoms with van der Waals surface area (Å²) in [6, 6.07) is 14.2. The number of methoxy groups -OCH3 is 1. The minimum atomic E-state index is -0.261. The number of carbonyl (C=O) groups is 2. The van der Waals surface area contributed by atoms with Crippen molar-refractivity contribution in [2.24, 2.45) is 0 Å². The molecule has 1 aliphatic carbocycles. The van der Waals surface area contributed by atoms with E-state index in [1.807, 2.05) is 24.3 Å². The van der Waals surface area contributed by atoms with Crippen molar-refractivity contribution in [2.75, 3.05) is 19.6 Å². The van der Waals surface area contributed by atoms with Crippen molar-refractivity contribution < 1.29 is 14.3 Å². The van der Waals surface area contributed by atoms with E-state index in [0.29, 0.717) is 28.5 Å². The Morgan fingerprint density at radius 1 is 1.03 bits per heavy atom. The number of fused-ring (bicyclic) bond motifs is 1. The van der Waals surface area contributed by atoms with Crippen LogP contribution < -0.4 is 20.9 Å². The van der Waals surface area contributed by atoms with Gasteiger partial charge in [-0.25, -0.2) is 0 Å². The fourth-order valence-corrected chi connectivity index (χ4v) is 3.17. The highest BCUT2D eigenvalue weighted by atomic mass is 16.5. The van der Waals surface area contributed by atoms with Crippen LogP contribution in [0.2, 0.25) is 0 Å². The van der Waals surface area contributed by atoms with Crippen LogP contribution in [0.5, 0.6) is 5.75 Å². The van der Waals surface area contributed by atoms with Crippen LogP contribution in [0.25, 0.3) is 10.9 Å². The van der Waals surface area contributed by atoms with Crippen LogP contribution in [-0.4, -0.2) is 31.0 Å². The van der Waals surface area contributed by atoms with Gasteiger partial charge in [0.15, 0.2) is 0 Å². The van der Waals surface area contributed by atoms with Gasteiger partial charge in [-0.3, -0.25) is 25.4 Å². The number of hydrazine groups is 1. The first-order chi connectivity index (χ1) is 14.1. The quantitative estimate of drug-likeness (QED) is 0.562. The zero-order valence-electron chi connectivity index (χ0n) is 16.3. The average Bonchev–Trinajstić information content (AvgIpc) is 3.61. The normalized spacial score (nSPS) is 13.0. The molecule has 0 unspecified atom stereocenters. The van der Waals surface area contributed by atoms with Gasteiger partial charge in [0.2, 0.25) is 0 Å². The Morgan fingerprint density at radius 2 is 1.79 bits per heavy atom. The van der Waals surface area contributed by atoms with Gasteiger partial charge >= 0.3 is 0 Å². The zero-order chi connectivity index (χ0) is 20.4. The van der Waals surface area contributed by atoms with Crippen molar-refractivity contribution in [3.05, 3.63) is 65.4 Å². The molecule has 1 aromatic heterocycles. The monoisotopic (exact) mass is 390 g/mol. The van der Waals surface area contributed by atoms with Crippen molar-refractivity contribution in [1.29, 1.82) is 0 Å². The number of ether oxygens (including phenoxy) is 1. The second-order valence-electron chi connectivity index (χ2n) is 6.99. The van der Waals surface area contributed by atoms with Crippen LogP contribution in [0.15, 0.2) is 48.5 Å². The lowest BCUT2D eigenvalue weighted by atomic mass is 10.1. The molecule has 0 radical (unpaired) electrons. The van der Waals surface area contributed by atoms with E-state index in [9.17, 15) is 9.59 Å². The van der Waals surface area contributed by atoms with Gasteiger partial charge in [0.1, 0.15) is 5.75 Å². The summed E-state index contributed by atoms with van der Waals surface area (Å²) in [5.41, 5.74) is 9.12. The number of amides is 2. The predicted molar refractivity (Wildman–Crippen MR) is 111 cm³/mol. The molecular formula is C22H22N4O3. The molecule has 7 heteroatoms. The number of nitrogens with zero attached hydrogens (tertiary/aromatic N) is 1. The molecule has 2 aromatic carbocycles. The fourth-order valence-electron chi connectivity index (χ4n) is 3.17. The van der Waals surface area contributed by atoms with Crippen molar-refractivity contribution >= 4 is 28.4 Å². The van der Waals surface area contributed by atoms with E-state index in [0.717, 1.165) is 29.4 Å². The number of hydrogen-bond acceptors (Lipinski definition) is 5. The first kappa shape index (κ1) is 18.7. The second kappa shape index (κ2) is 7.79. The number of anilines is 1. The molecule has 2 amide bonds. The molecule has 7 nitrogen and oxygen atoms in total. The fraction of sp³-hybridized carbons (Fsp3) is 0.227. The summed E-state index contributed by atoms with van der Waals surface area (Å²) >= 11 is 0. The lowest BCUT2D eigenvalue weighted by Gasteiger charge is -2.13. The van der Waals surface area contributed by atoms with Gasteiger partial charge in [0.05, 0.1) is 23.9 Å². The molecule has 1 heterocycles. The molecule has 1 aliphatic rings. The summed E-state index contributed by atoms with van der Waals surface area (Å²) in [5, 5.41) is 3.31. The molecule has 4 rings (SSSR count). The van der Waals surface area contributed by atoms with Gasteiger partial charge in [-0.2, -0.15) is 0 Å². The van der Waals surface area contributed by atoms with E-state index in [2.05, 4.69) is 16.2 Å². The van der Waals surface area contributed by atoms with E-state index in [-0.39, 0.29) is 11.8 Å². The Morgan fingerprint density at radius 3 is 2.45 bits per heavy atom. The highest BCUT2D eigenvalue weighted by Gasteiger charge is 2.27. The Kier molecular flexibility index (Phi) is 5.03. The third kappa shape index (κ3) is 3.99. The molecule has 3 aromatic rings. The minimum Gasteiger partial charge on any atom is -0.497 e. The van der Waals surface area contributed by atoms with Crippen molar-refractivity contribution in [3.63, 3.8) is 0 Å². The van der Waals surface area contributed by atoms with Crippen LogP contribution in [0.4, 0.5) is 5.69 Å². The van der Waals surface area contributed by atoms with Crippen molar-refractivity contribution in [3.8, 4) is 5.75 Å². The minimum absolute atomic E-state index is 0.162. The number of nitrogens with one attached hydrogen (secondary N) is 3. The molecule has 0 bridgehead atoms. The number of pyridine rings is 1. The highest BCUT2D eigenvalue weighted by Crippen LogP contribution is 2.40. The summed E-state index contributed by atoms with van der Waals surface area (Å²) in [7, 11) is 3.18. The summed E-state index contributed by atoms with van der Waals surface area (Å²) in [6.45, 7) is 0. The predicted octanol–water partition coefficient (Wildman–Crippen LogP) is 3.24. The van der Waals surface area contributed by atoms with Crippen LogP contribution in [0.3, 0.4) is 0 Å². The number of hydrogen-bond donors (Lipinski definition) is 3. The first-order valence-electron chi connectivity index (χ1n) is 9.46. The summed E-state index contributed by atoms with van der Waals surface area (Å²) in [6.07, 6.45) is 2.21. The largest absolute Gasteiger partial charge is 0.497 e. The van der Waals surface area contributed by atoms with Gasteiger partial charge in [0, 0.05) is 29.6 Å². The third-order valence-electron chi connectivity index (χ3n) is 4.97. The zero-order valence-corrected chi connectivity index (χ0v) is 16.3.